The fourth-order valence-electron chi connectivity index (χ4n) is 1.89. The summed E-state index contributed by atoms with van der Waals surface area (Å²) in [7, 11) is 2.04. The van der Waals surface area contributed by atoms with Gasteiger partial charge in [0, 0.05) is 30.7 Å². The lowest BCUT2D eigenvalue weighted by atomic mass is 10.3. The predicted octanol–water partition coefficient (Wildman–Crippen LogP) is 2.23. The number of hydrogen-bond acceptors (Lipinski definition) is 4. The summed E-state index contributed by atoms with van der Waals surface area (Å²) in [5.74, 6) is 0.894. The van der Waals surface area contributed by atoms with Gasteiger partial charge in [0.05, 0.1) is 0 Å². The second-order valence-corrected chi connectivity index (χ2v) is 5.58. The molecule has 5 heteroatoms. The van der Waals surface area contributed by atoms with E-state index in [1.54, 1.807) is 0 Å². The smallest absolute Gasteiger partial charge is 0.307 e. The van der Waals surface area contributed by atoms with Gasteiger partial charge in [-0.25, -0.2) is 0 Å². The van der Waals surface area contributed by atoms with Crippen molar-refractivity contribution >= 4 is 11.3 Å². The van der Waals surface area contributed by atoms with Crippen molar-refractivity contribution in [3.8, 4) is 5.75 Å². The number of aryl methyl sites for hydroxylation is 1. The summed E-state index contributed by atoms with van der Waals surface area (Å²) in [6.45, 7) is 5.03. The molecule has 1 heterocycles. The van der Waals surface area contributed by atoms with Gasteiger partial charge in [-0.05, 0) is 26.1 Å². The van der Waals surface area contributed by atoms with Gasteiger partial charge in [-0.2, -0.15) is 0 Å². The first-order valence-electron chi connectivity index (χ1n) is 6.68. The van der Waals surface area contributed by atoms with Gasteiger partial charge in [-0.15, -0.1) is 0 Å². The van der Waals surface area contributed by atoms with Crippen molar-refractivity contribution in [3.63, 3.8) is 0 Å². The van der Waals surface area contributed by atoms with E-state index >= 15 is 0 Å². The molecule has 0 spiro atoms. The van der Waals surface area contributed by atoms with Gasteiger partial charge < -0.3 is 14.2 Å². The molecule has 0 bridgehead atoms. The molecule has 0 aliphatic heterocycles. The first-order chi connectivity index (χ1) is 9.66. The van der Waals surface area contributed by atoms with E-state index in [1.165, 1.54) is 11.3 Å². The fourth-order valence-corrected chi connectivity index (χ4v) is 2.65. The van der Waals surface area contributed by atoms with E-state index in [1.807, 2.05) is 54.3 Å². The summed E-state index contributed by atoms with van der Waals surface area (Å²) in [5.41, 5.74) is 1.04. The van der Waals surface area contributed by atoms with E-state index in [0.29, 0.717) is 6.61 Å². The molecule has 0 saturated heterocycles. The lowest BCUT2D eigenvalue weighted by Gasteiger charge is -2.17. The van der Waals surface area contributed by atoms with Crippen molar-refractivity contribution in [2.75, 3.05) is 26.7 Å². The number of ether oxygens (including phenoxy) is 1. The maximum Gasteiger partial charge on any atom is 0.307 e. The first kappa shape index (κ1) is 14.8. The minimum atomic E-state index is 0.122. The monoisotopic (exact) mass is 292 g/mol. The molecule has 0 unspecified atom stereocenters. The van der Waals surface area contributed by atoms with E-state index in [2.05, 4.69) is 4.90 Å². The maximum absolute atomic E-state index is 11.6. The lowest BCUT2D eigenvalue weighted by Crippen LogP contribution is -2.30. The number of para-hydroxylation sites is 1. The van der Waals surface area contributed by atoms with Crippen LogP contribution in [0.1, 0.15) is 5.69 Å². The summed E-state index contributed by atoms with van der Waals surface area (Å²) >= 11 is 1.26. The van der Waals surface area contributed by atoms with Crippen LogP contribution in [0.3, 0.4) is 0 Å². The number of rotatable bonds is 7. The first-order valence-corrected chi connectivity index (χ1v) is 7.56. The zero-order valence-electron chi connectivity index (χ0n) is 11.9. The van der Waals surface area contributed by atoms with Crippen LogP contribution >= 0.6 is 11.3 Å². The Bertz CT molecular complexity index is 577. The van der Waals surface area contributed by atoms with Gasteiger partial charge in [-0.1, -0.05) is 29.5 Å². The van der Waals surface area contributed by atoms with Crippen molar-refractivity contribution in [2.45, 2.75) is 13.5 Å². The Morgan fingerprint density at radius 2 is 2.00 bits per heavy atom. The van der Waals surface area contributed by atoms with E-state index < -0.39 is 0 Å². The Kier molecular flexibility index (Phi) is 5.38. The minimum Gasteiger partial charge on any atom is -0.492 e. The fraction of sp³-hybridized carbons (Fsp3) is 0.400. The third-order valence-electron chi connectivity index (χ3n) is 3.17. The third kappa shape index (κ3) is 4.21. The van der Waals surface area contributed by atoms with Crippen LogP contribution in [0.2, 0.25) is 0 Å². The van der Waals surface area contributed by atoms with Crippen LogP contribution in [-0.2, 0) is 6.54 Å². The highest BCUT2D eigenvalue weighted by atomic mass is 32.1. The second kappa shape index (κ2) is 7.26. The lowest BCUT2D eigenvalue weighted by molar-refractivity contribution is 0.232. The number of aromatic nitrogens is 1. The van der Waals surface area contributed by atoms with E-state index in [-0.39, 0.29) is 4.87 Å². The Balaban J connectivity index is 1.71. The molecular weight excluding hydrogens is 272 g/mol. The molecule has 0 amide bonds. The Morgan fingerprint density at radius 1 is 1.25 bits per heavy atom. The highest BCUT2D eigenvalue weighted by Gasteiger charge is 2.04. The molecule has 0 atom stereocenters. The van der Waals surface area contributed by atoms with Crippen molar-refractivity contribution in [3.05, 3.63) is 51.1 Å². The van der Waals surface area contributed by atoms with Gasteiger partial charge in [0.25, 0.3) is 0 Å². The molecule has 0 fully saturated rings. The summed E-state index contributed by atoms with van der Waals surface area (Å²) in [6, 6.07) is 9.80. The van der Waals surface area contributed by atoms with Gasteiger partial charge in [0.15, 0.2) is 0 Å². The maximum atomic E-state index is 11.6. The summed E-state index contributed by atoms with van der Waals surface area (Å²) in [6.07, 6.45) is 0. The molecule has 1 aromatic heterocycles. The van der Waals surface area contributed by atoms with E-state index in [0.717, 1.165) is 31.1 Å². The van der Waals surface area contributed by atoms with Crippen molar-refractivity contribution in [2.24, 2.45) is 0 Å². The van der Waals surface area contributed by atoms with E-state index in [9.17, 15) is 4.79 Å². The topological polar surface area (TPSA) is 34.5 Å². The number of benzene rings is 1. The number of nitrogens with zero attached hydrogens (tertiary/aromatic N) is 2. The zero-order valence-corrected chi connectivity index (χ0v) is 12.7. The molecule has 0 aliphatic rings. The second-order valence-electron chi connectivity index (χ2n) is 4.76. The normalized spacial score (nSPS) is 10.9. The largest absolute Gasteiger partial charge is 0.492 e. The Labute approximate surface area is 123 Å². The number of thiazole rings is 1. The van der Waals surface area contributed by atoms with Crippen LogP contribution in [0.25, 0.3) is 0 Å². The predicted molar refractivity (Wildman–Crippen MR) is 82.8 cm³/mol. The average Bonchev–Trinajstić information content (AvgIpc) is 2.77. The standard InChI is InChI=1S/C15H20N2O2S/c1-13-12-20-15(18)17(13)9-8-16(2)10-11-19-14-6-4-3-5-7-14/h3-7,12H,8-11H2,1-2H3. The van der Waals surface area contributed by atoms with Crippen LogP contribution in [0.15, 0.2) is 40.5 Å². The van der Waals surface area contributed by atoms with Gasteiger partial charge in [0.1, 0.15) is 12.4 Å². The van der Waals surface area contributed by atoms with Crippen molar-refractivity contribution in [1.82, 2.24) is 9.47 Å². The van der Waals surface area contributed by atoms with Crippen LogP contribution in [0, 0.1) is 6.92 Å². The SMILES string of the molecule is Cc1csc(=O)n1CCN(C)CCOc1ccccc1. The van der Waals surface area contributed by atoms with Crippen LogP contribution in [0.5, 0.6) is 5.75 Å². The van der Waals surface area contributed by atoms with E-state index in [4.69, 9.17) is 4.74 Å². The highest BCUT2D eigenvalue weighted by Crippen LogP contribution is 2.07. The van der Waals surface area contributed by atoms with Gasteiger partial charge in [-0.3, -0.25) is 4.79 Å². The Morgan fingerprint density at radius 3 is 2.65 bits per heavy atom. The number of hydrogen-bond donors (Lipinski definition) is 0. The molecule has 2 aromatic rings. The minimum absolute atomic E-state index is 0.122. The summed E-state index contributed by atoms with van der Waals surface area (Å²) in [5, 5.41) is 1.90. The molecular formula is C15H20N2O2S. The molecule has 2 rings (SSSR count). The van der Waals surface area contributed by atoms with Crippen molar-refractivity contribution < 1.29 is 4.74 Å². The summed E-state index contributed by atoms with van der Waals surface area (Å²) < 4.78 is 7.47. The molecule has 0 saturated carbocycles. The van der Waals surface area contributed by atoms with Crippen LogP contribution < -0.4 is 9.61 Å². The van der Waals surface area contributed by atoms with Gasteiger partial charge in [0.2, 0.25) is 0 Å². The highest BCUT2D eigenvalue weighted by molar-refractivity contribution is 7.07. The van der Waals surface area contributed by atoms with Crippen molar-refractivity contribution in [1.29, 1.82) is 0 Å². The van der Waals surface area contributed by atoms with Crippen LogP contribution in [-0.4, -0.2) is 36.2 Å². The summed E-state index contributed by atoms with van der Waals surface area (Å²) in [4.78, 5) is 13.9. The molecule has 4 nitrogen and oxygen atoms in total. The number of likely N-dealkylation sites (N-methyl/N-ethyl adjacent to an activating group) is 1. The zero-order chi connectivity index (χ0) is 14.4. The van der Waals surface area contributed by atoms with Crippen LogP contribution in [0.4, 0.5) is 0 Å². The van der Waals surface area contributed by atoms with Gasteiger partial charge >= 0.3 is 4.87 Å². The Hall–Kier alpha value is -1.59. The molecule has 0 N–H and O–H groups in total. The molecule has 1 aromatic carbocycles. The molecule has 20 heavy (non-hydrogen) atoms. The molecule has 0 aliphatic carbocycles. The molecule has 108 valence electrons. The quantitative estimate of drug-likeness (QED) is 0.785. The molecule has 0 radical (unpaired) electrons. The third-order valence-corrected chi connectivity index (χ3v) is 4.05. The average molecular weight is 292 g/mol.